The number of aromatic nitrogens is 6. The number of aliphatic hydroxyl groups is 1. The van der Waals surface area contributed by atoms with E-state index in [1.807, 2.05) is 30.3 Å². The fourth-order valence-corrected chi connectivity index (χ4v) is 3.13. The van der Waals surface area contributed by atoms with Gasteiger partial charge in [0.1, 0.15) is 17.9 Å². The zero-order valence-electron chi connectivity index (χ0n) is 15.2. The van der Waals surface area contributed by atoms with Gasteiger partial charge in [0.15, 0.2) is 10.8 Å². The van der Waals surface area contributed by atoms with Crippen LogP contribution in [-0.4, -0.2) is 46.9 Å². The molecule has 0 fully saturated rings. The van der Waals surface area contributed by atoms with Gasteiger partial charge in [-0.3, -0.25) is 4.79 Å². The molecule has 4 aromatic rings. The molecule has 3 heterocycles. The van der Waals surface area contributed by atoms with Crippen LogP contribution >= 0.6 is 11.6 Å². The lowest BCUT2D eigenvalue weighted by molar-refractivity contribution is -0.116. The summed E-state index contributed by atoms with van der Waals surface area (Å²) in [6, 6.07) is 11.3. The average Bonchev–Trinajstić information content (AvgIpc) is 3.28. The minimum absolute atomic E-state index is 0.00168. The summed E-state index contributed by atoms with van der Waals surface area (Å²) in [5, 5.41) is 16.7. The summed E-state index contributed by atoms with van der Waals surface area (Å²) in [6.45, 7) is 0.0731. The highest BCUT2D eigenvalue weighted by atomic mass is 35.5. The number of carbonyl (C=O) groups is 1. The Morgan fingerprint density at radius 1 is 1.24 bits per heavy atom. The molecule has 0 atom stereocenters. The SMILES string of the molecule is Nc1nc(Cl)c2ncn(CC(=O)Nc3cc(-c4ccccc4)nn3CCO)c2n1. The quantitative estimate of drug-likeness (QED) is 0.408. The summed E-state index contributed by atoms with van der Waals surface area (Å²) in [6.07, 6.45) is 1.45. The number of nitrogens with zero attached hydrogens (tertiary/aromatic N) is 6. The Morgan fingerprint density at radius 2 is 2.03 bits per heavy atom. The van der Waals surface area contributed by atoms with E-state index in [0.717, 1.165) is 5.56 Å². The molecule has 1 aromatic carbocycles. The van der Waals surface area contributed by atoms with Crippen molar-refractivity contribution in [2.45, 2.75) is 13.1 Å². The Kier molecular flexibility index (Phi) is 5.10. The van der Waals surface area contributed by atoms with E-state index in [2.05, 4.69) is 25.4 Å². The number of anilines is 2. The number of benzene rings is 1. The van der Waals surface area contributed by atoms with E-state index >= 15 is 0 Å². The van der Waals surface area contributed by atoms with Gasteiger partial charge in [0.25, 0.3) is 0 Å². The largest absolute Gasteiger partial charge is 0.394 e. The van der Waals surface area contributed by atoms with Crippen molar-refractivity contribution in [3.05, 3.63) is 47.9 Å². The van der Waals surface area contributed by atoms with Crippen molar-refractivity contribution in [2.75, 3.05) is 17.7 Å². The van der Waals surface area contributed by atoms with Crippen LogP contribution in [0.3, 0.4) is 0 Å². The van der Waals surface area contributed by atoms with Crippen LogP contribution in [0.2, 0.25) is 5.15 Å². The normalized spacial score (nSPS) is 11.1. The van der Waals surface area contributed by atoms with Crippen LogP contribution < -0.4 is 11.1 Å². The van der Waals surface area contributed by atoms with Crippen LogP contribution in [0, 0.1) is 0 Å². The predicted octanol–water partition coefficient (Wildman–Crippen LogP) is 1.56. The van der Waals surface area contributed by atoms with Gasteiger partial charge < -0.3 is 20.7 Å². The highest BCUT2D eigenvalue weighted by molar-refractivity contribution is 6.33. The third-order valence-electron chi connectivity index (χ3n) is 4.18. The van der Waals surface area contributed by atoms with E-state index < -0.39 is 0 Å². The van der Waals surface area contributed by atoms with E-state index in [1.165, 1.54) is 10.9 Å². The lowest BCUT2D eigenvalue weighted by Crippen LogP contribution is -2.21. The van der Waals surface area contributed by atoms with E-state index in [4.69, 9.17) is 17.3 Å². The Bertz CT molecular complexity index is 1170. The summed E-state index contributed by atoms with van der Waals surface area (Å²) in [4.78, 5) is 24.7. The molecule has 4 N–H and O–H groups in total. The predicted molar refractivity (Wildman–Crippen MR) is 108 cm³/mol. The number of imidazole rings is 1. The van der Waals surface area contributed by atoms with Crippen molar-refractivity contribution >= 4 is 40.4 Å². The topological polar surface area (TPSA) is 137 Å². The maximum Gasteiger partial charge on any atom is 0.245 e. The van der Waals surface area contributed by atoms with Gasteiger partial charge >= 0.3 is 0 Å². The zero-order chi connectivity index (χ0) is 20.4. The minimum Gasteiger partial charge on any atom is -0.394 e. The number of amides is 1. The summed E-state index contributed by atoms with van der Waals surface area (Å²) in [5.74, 6) is 0.147. The second-order valence-corrected chi connectivity index (χ2v) is 6.55. The Labute approximate surface area is 170 Å². The molecular formula is C18H17ClN8O2. The number of nitrogens with two attached hydrogens (primary N) is 1. The zero-order valence-corrected chi connectivity index (χ0v) is 15.9. The molecule has 11 heteroatoms. The van der Waals surface area contributed by atoms with Gasteiger partial charge in [0, 0.05) is 11.6 Å². The molecule has 148 valence electrons. The van der Waals surface area contributed by atoms with Crippen molar-refractivity contribution < 1.29 is 9.90 Å². The first-order chi connectivity index (χ1) is 14.0. The summed E-state index contributed by atoms with van der Waals surface area (Å²) in [5.41, 5.74) is 7.96. The molecule has 0 saturated carbocycles. The highest BCUT2D eigenvalue weighted by Crippen LogP contribution is 2.22. The van der Waals surface area contributed by atoms with Crippen LogP contribution in [0.25, 0.3) is 22.4 Å². The van der Waals surface area contributed by atoms with Crippen molar-refractivity contribution in [2.24, 2.45) is 0 Å². The molecule has 3 aromatic heterocycles. The van der Waals surface area contributed by atoms with Crippen molar-refractivity contribution in [1.82, 2.24) is 29.3 Å². The lowest BCUT2D eigenvalue weighted by atomic mass is 10.2. The molecule has 0 unspecified atom stereocenters. The smallest absolute Gasteiger partial charge is 0.245 e. The monoisotopic (exact) mass is 412 g/mol. The highest BCUT2D eigenvalue weighted by Gasteiger charge is 2.15. The first kappa shape index (κ1) is 18.8. The van der Waals surface area contributed by atoms with Crippen molar-refractivity contribution in [1.29, 1.82) is 0 Å². The van der Waals surface area contributed by atoms with Gasteiger partial charge in [-0.1, -0.05) is 41.9 Å². The summed E-state index contributed by atoms with van der Waals surface area (Å²) >= 11 is 6.02. The van der Waals surface area contributed by atoms with Gasteiger partial charge in [-0.2, -0.15) is 15.1 Å². The van der Waals surface area contributed by atoms with E-state index in [0.29, 0.717) is 22.7 Å². The Hall–Kier alpha value is -3.50. The molecule has 0 radical (unpaired) electrons. The Balaban J connectivity index is 1.58. The summed E-state index contributed by atoms with van der Waals surface area (Å²) in [7, 11) is 0. The number of aliphatic hydroxyl groups excluding tert-OH is 1. The second kappa shape index (κ2) is 7.86. The number of halogens is 1. The molecule has 0 spiro atoms. The number of nitrogens with one attached hydrogen (secondary N) is 1. The average molecular weight is 413 g/mol. The van der Waals surface area contributed by atoms with Crippen LogP contribution in [0.1, 0.15) is 0 Å². The lowest BCUT2D eigenvalue weighted by Gasteiger charge is -2.08. The number of nitrogen functional groups attached to an aromatic ring is 1. The van der Waals surface area contributed by atoms with Crippen LogP contribution in [0.5, 0.6) is 0 Å². The van der Waals surface area contributed by atoms with E-state index in [9.17, 15) is 9.90 Å². The fraction of sp³-hybridized carbons (Fsp3) is 0.167. The summed E-state index contributed by atoms with van der Waals surface area (Å²) < 4.78 is 3.07. The van der Waals surface area contributed by atoms with Crippen LogP contribution in [0.4, 0.5) is 11.8 Å². The number of fused-ring (bicyclic) bond motifs is 1. The van der Waals surface area contributed by atoms with Crippen molar-refractivity contribution in [3.8, 4) is 11.3 Å². The van der Waals surface area contributed by atoms with Crippen LogP contribution in [0.15, 0.2) is 42.7 Å². The minimum atomic E-state index is -0.323. The molecule has 0 aliphatic carbocycles. The molecular weight excluding hydrogens is 396 g/mol. The molecule has 4 rings (SSSR count). The van der Waals surface area contributed by atoms with E-state index in [1.54, 1.807) is 10.7 Å². The Morgan fingerprint density at radius 3 is 2.79 bits per heavy atom. The second-order valence-electron chi connectivity index (χ2n) is 6.19. The number of carbonyl (C=O) groups excluding carboxylic acids is 1. The van der Waals surface area contributed by atoms with Crippen LogP contribution in [-0.2, 0) is 17.9 Å². The molecule has 10 nitrogen and oxygen atoms in total. The molecule has 0 aliphatic rings. The first-order valence-corrected chi connectivity index (χ1v) is 9.11. The van der Waals surface area contributed by atoms with Crippen molar-refractivity contribution in [3.63, 3.8) is 0 Å². The molecule has 0 saturated heterocycles. The molecule has 29 heavy (non-hydrogen) atoms. The third kappa shape index (κ3) is 3.89. The number of hydrogen-bond acceptors (Lipinski definition) is 7. The molecule has 0 bridgehead atoms. The van der Waals surface area contributed by atoms with E-state index in [-0.39, 0.29) is 36.7 Å². The maximum absolute atomic E-state index is 12.6. The molecule has 1 amide bonds. The third-order valence-corrected chi connectivity index (χ3v) is 4.44. The maximum atomic E-state index is 12.6. The van der Waals surface area contributed by atoms with Gasteiger partial charge in [-0.05, 0) is 0 Å². The standard InChI is InChI=1S/C18H17ClN8O2/c19-16-15-17(24-18(20)23-16)26(10-21-15)9-14(29)22-13-8-12(25-27(13)6-7-28)11-4-2-1-3-5-11/h1-5,8,10,28H,6-7,9H2,(H,22,29)(H2,20,23,24). The first-order valence-electron chi connectivity index (χ1n) is 8.73. The number of hydrogen-bond donors (Lipinski definition) is 3. The van der Waals surface area contributed by atoms with Gasteiger partial charge in [0.2, 0.25) is 11.9 Å². The van der Waals surface area contributed by atoms with Gasteiger partial charge in [-0.15, -0.1) is 0 Å². The fourth-order valence-electron chi connectivity index (χ4n) is 2.91. The number of rotatable bonds is 6. The molecule has 0 aliphatic heterocycles. The van der Waals surface area contributed by atoms with Gasteiger partial charge in [-0.25, -0.2) is 9.67 Å². The van der Waals surface area contributed by atoms with Gasteiger partial charge in [0.05, 0.1) is 25.2 Å².